The van der Waals surface area contributed by atoms with E-state index in [2.05, 4.69) is 31.4 Å². The van der Waals surface area contributed by atoms with Gasteiger partial charge in [-0.1, -0.05) is 20.3 Å². The molecule has 0 aliphatic heterocycles. The van der Waals surface area contributed by atoms with E-state index in [9.17, 15) is 9.59 Å². The lowest BCUT2D eigenvalue weighted by Crippen LogP contribution is -2.65. The van der Waals surface area contributed by atoms with Crippen molar-refractivity contribution < 1.29 is 9.59 Å². The summed E-state index contributed by atoms with van der Waals surface area (Å²) in [5.74, 6) is 1.69. The van der Waals surface area contributed by atoms with Crippen molar-refractivity contribution in [1.82, 2.24) is 10.6 Å². The fraction of sp³-hybridized carbons (Fsp3) is 0.905. The maximum atomic E-state index is 12.7. The summed E-state index contributed by atoms with van der Waals surface area (Å²) in [6.45, 7) is 6.96. The van der Waals surface area contributed by atoms with Gasteiger partial charge in [0.05, 0.1) is 0 Å². The van der Waals surface area contributed by atoms with Crippen molar-refractivity contribution in [2.45, 2.75) is 84.1 Å². The van der Waals surface area contributed by atoms with Crippen molar-refractivity contribution in [2.75, 3.05) is 7.05 Å². The van der Waals surface area contributed by atoms with Crippen LogP contribution in [0.3, 0.4) is 0 Å². The van der Waals surface area contributed by atoms with Crippen molar-refractivity contribution in [3.63, 3.8) is 0 Å². The van der Waals surface area contributed by atoms with E-state index in [1.807, 2.05) is 0 Å². The van der Waals surface area contributed by atoms with Gasteiger partial charge in [-0.05, 0) is 74.5 Å². The third-order valence-electron chi connectivity index (χ3n) is 8.98. The largest absolute Gasteiger partial charge is 0.341 e. The Morgan fingerprint density at radius 1 is 1.04 bits per heavy atom. The molecule has 6 atom stereocenters. The zero-order valence-corrected chi connectivity index (χ0v) is 16.3. The van der Waals surface area contributed by atoms with Crippen LogP contribution in [0.25, 0.3) is 0 Å². The van der Waals surface area contributed by atoms with Gasteiger partial charge in [-0.3, -0.25) is 4.79 Å². The minimum Gasteiger partial charge on any atom is -0.341 e. The lowest BCUT2D eigenvalue weighted by atomic mass is 9.41. The second kappa shape index (κ2) is 5.23. The standard InChI is InChI=1S/C21H34N2O2/c1-18-10-6-15-19(2)8-5-9-20(3,23-17(25)22-4)14(19)7-11-21(15,13-18)12-16(18)24/h14-15H,5-13H2,1-4H3,(H2,22,23,25)/t14-,15-,18-,19+,20+,21-/m0/s1. The molecular formula is C21H34N2O2. The van der Waals surface area contributed by atoms with Crippen molar-refractivity contribution in [1.29, 1.82) is 0 Å². The van der Waals surface area contributed by atoms with E-state index in [-0.39, 0.29) is 27.8 Å². The average molecular weight is 347 g/mol. The molecule has 2 amide bonds. The van der Waals surface area contributed by atoms with Crippen LogP contribution in [0.5, 0.6) is 0 Å². The average Bonchev–Trinajstić information content (AvgIpc) is 2.71. The molecule has 0 heterocycles. The molecular weight excluding hydrogens is 312 g/mol. The number of amides is 2. The quantitative estimate of drug-likeness (QED) is 0.753. The van der Waals surface area contributed by atoms with Crippen LogP contribution in [0, 0.1) is 28.1 Å². The molecule has 4 nitrogen and oxygen atoms in total. The highest BCUT2D eigenvalue weighted by Gasteiger charge is 2.67. The molecule has 0 saturated heterocycles. The Morgan fingerprint density at radius 2 is 1.76 bits per heavy atom. The van der Waals surface area contributed by atoms with Crippen molar-refractivity contribution in [3.8, 4) is 0 Å². The van der Waals surface area contributed by atoms with Crippen LogP contribution in [0.15, 0.2) is 0 Å². The van der Waals surface area contributed by atoms with Crippen LogP contribution in [0.2, 0.25) is 0 Å². The predicted molar refractivity (Wildman–Crippen MR) is 98.2 cm³/mol. The van der Waals surface area contributed by atoms with Gasteiger partial charge in [-0.2, -0.15) is 0 Å². The Hall–Kier alpha value is -1.06. The Labute approximate surface area is 151 Å². The first-order valence-corrected chi connectivity index (χ1v) is 10.2. The molecule has 0 unspecified atom stereocenters. The summed E-state index contributed by atoms with van der Waals surface area (Å²) < 4.78 is 0. The molecule has 0 aromatic carbocycles. The molecule has 4 rings (SSSR count). The minimum atomic E-state index is -0.127. The minimum absolute atomic E-state index is 0.0436. The van der Waals surface area contributed by atoms with Gasteiger partial charge in [-0.25, -0.2) is 4.79 Å². The summed E-state index contributed by atoms with van der Waals surface area (Å²) >= 11 is 0. The van der Waals surface area contributed by atoms with E-state index in [0.29, 0.717) is 17.6 Å². The van der Waals surface area contributed by atoms with Crippen LogP contribution < -0.4 is 10.6 Å². The van der Waals surface area contributed by atoms with Gasteiger partial charge in [0.25, 0.3) is 0 Å². The number of nitrogens with one attached hydrogen (secondary N) is 2. The second-order valence-corrected chi connectivity index (χ2v) is 10.4. The van der Waals surface area contributed by atoms with Crippen LogP contribution in [-0.4, -0.2) is 24.4 Å². The first kappa shape index (κ1) is 17.4. The Morgan fingerprint density at radius 3 is 2.48 bits per heavy atom. The number of Topliss-reactive ketones (excluding diaryl/α,β-unsaturated/α-hetero) is 1. The summed E-state index contributed by atoms with van der Waals surface area (Å²) in [6.07, 6.45) is 10.0. The molecule has 2 bridgehead atoms. The van der Waals surface area contributed by atoms with Gasteiger partial charge in [-0.15, -0.1) is 0 Å². The maximum Gasteiger partial charge on any atom is 0.314 e. The summed E-state index contributed by atoms with van der Waals surface area (Å²) in [7, 11) is 1.70. The molecule has 4 fully saturated rings. The van der Waals surface area contributed by atoms with Crippen LogP contribution in [0.4, 0.5) is 4.79 Å². The number of fused-ring (bicyclic) bond motifs is 3. The van der Waals surface area contributed by atoms with E-state index in [1.54, 1.807) is 7.05 Å². The summed E-state index contributed by atoms with van der Waals surface area (Å²) in [5.41, 5.74) is 0.328. The molecule has 0 aromatic rings. The molecule has 25 heavy (non-hydrogen) atoms. The van der Waals surface area contributed by atoms with Gasteiger partial charge < -0.3 is 10.6 Å². The molecule has 4 saturated carbocycles. The lowest BCUT2D eigenvalue weighted by Gasteiger charge is -2.64. The SMILES string of the molecule is CNC(=O)N[C@]1(C)CCC[C@@]2(C)[C@@H]3CC[C@@]4(C)C[C@]3(CC[C@@H]21)CC4=O. The zero-order valence-electron chi connectivity index (χ0n) is 16.3. The van der Waals surface area contributed by atoms with Crippen molar-refractivity contribution >= 4 is 11.8 Å². The Kier molecular flexibility index (Phi) is 3.63. The number of carbonyl (C=O) groups is 2. The van der Waals surface area contributed by atoms with Crippen LogP contribution in [-0.2, 0) is 4.79 Å². The monoisotopic (exact) mass is 346 g/mol. The molecule has 1 spiro atoms. The van der Waals surface area contributed by atoms with E-state index in [0.717, 1.165) is 32.1 Å². The van der Waals surface area contributed by atoms with Gasteiger partial charge in [0.1, 0.15) is 5.78 Å². The third kappa shape index (κ3) is 2.24. The maximum absolute atomic E-state index is 12.7. The summed E-state index contributed by atoms with van der Waals surface area (Å²) in [5, 5.41) is 6.05. The van der Waals surface area contributed by atoms with E-state index in [1.165, 1.54) is 25.7 Å². The van der Waals surface area contributed by atoms with E-state index in [4.69, 9.17) is 0 Å². The number of ketones is 1. The predicted octanol–water partition coefficient (Wildman–Crippen LogP) is 4.04. The summed E-state index contributed by atoms with van der Waals surface area (Å²) in [4.78, 5) is 24.8. The van der Waals surface area contributed by atoms with Crippen LogP contribution >= 0.6 is 0 Å². The molecule has 0 radical (unpaired) electrons. The zero-order chi connectivity index (χ0) is 18.1. The van der Waals surface area contributed by atoms with Gasteiger partial charge >= 0.3 is 6.03 Å². The summed E-state index contributed by atoms with van der Waals surface area (Å²) in [6, 6.07) is -0.0562. The van der Waals surface area contributed by atoms with Crippen molar-refractivity contribution in [2.24, 2.45) is 28.1 Å². The Balaban J connectivity index is 1.68. The molecule has 140 valence electrons. The fourth-order valence-corrected chi connectivity index (χ4v) is 7.98. The highest BCUT2D eigenvalue weighted by Crippen LogP contribution is 2.71. The molecule has 4 heteroatoms. The van der Waals surface area contributed by atoms with E-state index >= 15 is 0 Å². The van der Waals surface area contributed by atoms with Crippen LogP contribution in [0.1, 0.15) is 78.6 Å². The first-order chi connectivity index (χ1) is 11.7. The van der Waals surface area contributed by atoms with E-state index < -0.39 is 0 Å². The fourth-order valence-electron chi connectivity index (χ4n) is 7.98. The van der Waals surface area contributed by atoms with Gasteiger partial charge in [0.15, 0.2) is 0 Å². The first-order valence-electron chi connectivity index (χ1n) is 10.2. The topological polar surface area (TPSA) is 58.2 Å². The van der Waals surface area contributed by atoms with Gasteiger partial charge in [0.2, 0.25) is 0 Å². The molecule has 2 N–H and O–H groups in total. The molecule has 0 aromatic heterocycles. The third-order valence-corrected chi connectivity index (χ3v) is 8.98. The molecule has 4 aliphatic rings. The van der Waals surface area contributed by atoms with Gasteiger partial charge in [0, 0.05) is 24.4 Å². The number of carbonyl (C=O) groups excluding carboxylic acids is 2. The molecule has 4 aliphatic carbocycles. The normalized spacial score (nSPS) is 51.4. The highest BCUT2D eigenvalue weighted by atomic mass is 16.2. The highest BCUT2D eigenvalue weighted by molar-refractivity contribution is 5.88. The number of rotatable bonds is 1. The number of urea groups is 1. The smallest absolute Gasteiger partial charge is 0.314 e. The number of hydrogen-bond acceptors (Lipinski definition) is 2. The second-order valence-electron chi connectivity index (χ2n) is 10.4. The number of hydrogen-bond donors (Lipinski definition) is 2. The van der Waals surface area contributed by atoms with Crippen molar-refractivity contribution in [3.05, 3.63) is 0 Å². The Bertz CT molecular complexity index is 619. The lowest BCUT2D eigenvalue weighted by molar-refractivity contribution is -0.137.